The summed E-state index contributed by atoms with van der Waals surface area (Å²) < 4.78 is 40.8. The van der Waals surface area contributed by atoms with Crippen molar-refractivity contribution >= 4 is 27.3 Å². The summed E-state index contributed by atoms with van der Waals surface area (Å²) in [5.41, 5.74) is 0.342. The SMILES string of the molecule is CC(C)[C@H](NS(=O)(=O)c1cccs1)C(=O)NCc1ccccc1F. The van der Waals surface area contributed by atoms with Crippen LogP contribution in [0.5, 0.6) is 0 Å². The van der Waals surface area contributed by atoms with Gasteiger partial charge in [0.05, 0.1) is 0 Å². The van der Waals surface area contributed by atoms with E-state index in [4.69, 9.17) is 0 Å². The van der Waals surface area contributed by atoms with Crippen LogP contribution in [0.15, 0.2) is 46.0 Å². The summed E-state index contributed by atoms with van der Waals surface area (Å²) >= 11 is 1.08. The maximum atomic E-state index is 13.6. The molecule has 0 aliphatic carbocycles. The fourth-order valence-corrected chi connectivity index (χ4v) is 4.42. The molecule has 2 aromatic rings. The lowest BCUT2D eigenvalue weighted by atomic mass is 10.0. The average molecular weight is 370 g/mol. The first-order valence-electron chi connectivity index (χ1n) is 7.38. The number of carbonyl (C=O) groups excluding carboxylic acids is 1. The van der Waals surface area contributed by atoms with Crippen molar-refractivity contribution in [2.45, 2.75) is 30.6 Å². The second-order valence-electron chi connectivity index (χ2n) is 5.58. The van der Waals surface area contributed by atoms with Gasteiger partial charge in [0.25, 0.3) is 10.0 Å². The lowest BCUT2D eigenvalue weighted by Gasteiger charge is -2.21. The Balaban J connectivity index is 2.07. The summed E-state index contributed by atoms with van der Waals surface area (Å²) in [6.07, 6.45) is 0. The number of amides is 1. The predicted molar refractivity (Wildman–Crippen MR) is 91.5 cm³/mol. The average Bonchev–Trinajstić information content (AvgIpc) is 3.06. The summed E-state index contributed by atoms with van der Waals surface area (Å²) in [6.45, 7) is 3.48. The lowest BCUT2D eigenvalue weighted by molar-refractivity contribution is -0.123. The molecular weight excluding hydrogens is 351 g/mol. The Morgan fingerprint density at radius 1 is 1.21 bits per heavy atom. The van der Waals surface area contributed by atoms with Crippen molar-refractivity contribution < 1.29 is 17.6 Å². The smallest absolute Gasteiger partial charge is 0.250 e. The number of sulfonamides is 1. The monoisotopic (exact) mass is 370 g/mol. The Labute approximate surface area is 145 Å². The summed E-state index contributed by atoms with van der Waals surface area (Å²) in [5, 5.41) is 4.24. The second-order valence-corrected chi connectivity index (χ2v) is 8.47. The molecule has 1 aromatic carbocycles. The Hall–Kier alpha value is -1.77. The minimum absolute atomic E-state index is 0.00451. The Morgan fingerprint density at radius 2 is 1.92 bits per heavy atom. The van der Waals surface area contributed by atoms with E-state index in [-0.39, 0.29) is 16.7 Å². The number of nitrogens with one attached hydrogen (secondary N) is 2. The number of carbonyl (C=O) groups is 1. The van der Waals surface area contributed by atoms with Crippen LogP contribution in [-0.2, 0) is 21.4 Å². The Morgan fingerprint density at radius 3 is 2.50 bits per heavy atom. The van der Waals surface area contributed by atoms with Crippen LogP contribution >= 0.6 is 11.3 Å². The minimum atomic E-state index is -3.76. The Bertz CT molecular complexity index is 789. The molecule has 2 rings (SSSR count). The van der Waals surface area contributed by atoms with E-state index < -0.39 is 27.8 Å². The zero-order valence-electron chi connectivity index (χ0n) is 13.3. The molecule has 2 N–H and O–H groups in total. The summed E-state index contributed by atoms with van der Waals surface area (Å²) in [5.74, 6) is -1.17. The van der Waals surface area contributed by atoms with Gasteiger partial charge in [-0.05, 0) is 23.4 Å². The van der Waals surface area contributed by atoms with Gasteiger partial charge in [0.15, 0.2) is 0 Å². The van der Waals surface area contributed by atoms with Gasteiger partial charge in [0.2, 0.25) is 5.91 Å². The van der Waals surface area contributed by atoms with Crippen LogP contribution in [-0.4, -0.2) is 20.4 Å². The third kappa shape index (κ3) is 4.62. The van der Waals surface area contributed by atoms with Gasteiger partial charge in [-0.1, -0.05) is 38.1 Å². The maximum absolute atomic E-state index is 13.6. The molecule has 0 aliphatic rings. The van der Waals surface area contributed by atoms with Gasteiger partial charge in [0.1, 0.15) is 16.1 Å². The van der Waals surface area contributed by atoms with Gasteiger partial charge in [-0.15, -0.1) is 11.3 Å². The number of hydrogen-bond acceptors (Lipinski definition) is 4. The van der Waals surface area contributed by atoms with Crippen molar-refractivity contribution in [1.82, 2.24) is 10.0 Å². The van der Waals surface area contributed by atoms with Gasteiger partial charge in [-0.25, -0.2) is 12.8 Å². The normalized spacial score (nSPS) is 13.0. The van der Waals surface area contributed by atoms with E-state index in [2.05, 4.69) is 10.0 Å². The molecule has 0 saturated carbocycles. The number of hydrogen-bond donors (Lipinski definition) is 2. The molecule has 0 unspecified atom stereocenters. The van der Waals surface area contributed by atoms with Crippen molar-refractivity contribution in [3.05, 3.63) is 53.2 Å². The number of benzene rings is 1. The first-order chi connectivity index (χ1) is 11.3. The lowest BCUT2D eigenvalue weighted by Crippen LogP contribution is -2.49. The highest BCUT2D eigenvalue weighted by Crippen LogP contribution is 2.17. The maximum Gasteiger partial charge on any atom is 0.250 e. The molecule has 1 aromatic heterocycles. The van der Waals surface area contributed by atoms with E-state index in [1.165, 1.54) is 12.1 Å². The molecule has 1 atom stereocenters. The summed E-state index contributed by atoms with van der Waals surface area (Å²) in [6, 6.07) is 8.26. The van der Waals surface area contributed by atoms with E-state index in [0.29, 0.717) is 5.56 Å². The topological polar surface area (TPSA) is 75.3 Å². The minimum Gasteiger partial charge on any atom is -0.351 e. The Kier molecular flexibility index (Phi) is 6.09. The van der Waals surface area contributed by atoms with Crippen LogP contribution in [0.25, 0.3) is 0 Å². The molecule has 8 heteroatoms. The van der Waals surface area contributed by atoms with Gasteiger partial charge in [-0.2, -0.15) is 4.72 Å². The van der Waals surface area contributed by atoms with Crippen molar-refractivity contribution in [1.29, 1.82) is 0 Å². The van der Waals surface area contributed by atoms with Crippen molar-refractivity contribution in [3.63, 3.8) is 0 Å². The van der Waals surface area contributed by atoms with E-state index in [1.807, 2.05) is 0 Å². The molecule has 0 spiro atoms. The van der Waals surface area contributed by atoms with Crippen molar-refractivity contribution in [2.75, 3.05) is 0 Å². The van der Waals surface area contributed by atoms with Crippen LogP contribution in [0.3, 0.4) is 0 Å². The summed E-state index contributed by atoms with van der Waals surface area (Å²) in [4.78, 5) is 12.4. The van der Waals surface area contributed by atoms with E-state index in [9.17, 15) is 17.6 Å². The van der Waals surface area contributed by atoms with Crippen LogP contribution in [0.2, 0.25) is 0 Å². The van der Waals surface area contributed by atoms with Gasteiger partial charge in [0, 0.05) is 12.1 Å². The fraction of sp³-hybridized carbons (Fsp3) is 0.312. The highest BCUT2D eigenvalue weighted by atomic mass is 32.2. The molecule has 130 valence electrons. The van der Waals surface area contributed by atoms with Crippen molar-refractivity contribution in [2.24, 2.45) is 5.92 Å². The molecule has 1 heterocycles. The third-order valence-electron chi connectivity index (χ3n) is 3.40. The van der Waals surface area contributed by atoms with Gasteiger partial charge in [-0.3, -0.25) is 4.79 Å². The first kappa shape index (κ1) is 18.6. The largest absolute Gasteiger partial charge is 0.351 e. The molecule has 1 amide bonds. The zero-order chi connectivity index (χ0) is 17.7. The van der Waals surface area contributed by atoms with Crippen LogP contribution in [0.4, 0.5) is 4.39 Å². The van der Waals surface area contributed by atoms with Gasteiger partial charge >= 0.3 is 0 Å². The van der Waals surface area contributed by atoms with E-state index in [1.54, 1.807) is 43.5 Å². The van der Waals surface area contributed by atoms with E-state index >= 15 is 0 Å². The molecule has 0 aliphatic heterocycles. The van der Waals surface area contributed by atoms with Crippen molar-refractivity contribution in [3.8, 4) is 0 Å². The van der Waals surface area contributed by atoms with Gasteiger partial charge < -0.3 is 5.32 Å². The molecule has 0 fully saturated rings. The highest BCUT2D eigenvalue weighted by Gasteiger charge is 2.28. The summed E-state index contributed by atoms with van der Waals surface area (Å²) in [7, 11) is -3.76. The third-order valence-corrected chi connectivity index (χ3v) is 6.24. The molecule has 5 nitrogen and oxygen atoms in total. The molecule has 0 bridgehead atoms. The molecule has 0 radical (unpaired) electrons. The molecular formula is C16H19FN2O3S2. The predicted octanol–water partition coefficient (Wildman–Crippen LogP) is 2.51. The van der Waals surface area contributed by atoms with Crippen LogP contribution < -0.4 is 10.0 Å². The number of thiophene rings is 1. The van der Waals surface area contributed by atoms with Crippen LogP contribution in [0, 0.1) is 11.7 Å². The first-order valence-corrected chi connectivity index (χ1v) is 9.74. The molecule has 24 heavy (non-hydrogen) atoms. The van der Waals surface area contributed by atoms with Crippen LogP contribution in [0.1, 0.15) is 19.4 Å². The quantitative estimate of drug-likeness (QED) is 0.786. The highest BCUT2D eigenvalue weighted by molar-refractivity contribution is 7.91. The standard InChI is InChI=1S/C16H19FN2O3S2/c1-11(2)15(19-24(21,22)14-8-5-9-23-14)16(20)18-10-12-6-3-4-7-13(12)17/h3-9,11,15,19H,10H2,1-2H3,(H,18,20)/t15-/m0/s1. The number of halogens is 1. The fourth-order valence-electron chi connectivity index (χ4n) is 2.07. The molecule has 0 saturated heterocycles. The van der Waals surface area contributed by atoms with E-state index in [0.717, 1.165) is 11.3 Å². The second kappa shape index (κ2) is 7.87. The zero-order valence-corrected chi connectivity index (χ0v) is 15.0. The number of rotatable bonds is 7.